The minimum absolute atomic E-state index is 0.0285. The second kappa shape index (κ2) is 6.66. The van der Waals surface area contributed by atoms with E-state index in [1.807, 2.05) is 6.92 Å². The van der Waals surface area contributed by atoms with E-state index < -0.39 is 0 Å². The summed E-state index contributed by atoms with van der Waals surface area (Å²) < 4.78 is 5.29. The first kappa shape index (κ1) is 13.2. The Morgan fingerprint density at radius 2 is 2.38 bits per heavy atom. The van der Waals surface area contributed by atoms with Crippen molar-refractivity contribution < 1.29 is 9.53 Å². The predicted octanol–water partition coefficient (Wildman–Crippen LogP) is 0.834. The predicted molar refractivity (Wildman–Crippen MR) is 64.2 cm³/mol. The molecule has 4 heteroatoms. The molecule has 16 heavy (non-hydrogen) atoms. The van der Waals surface area contributed by atoms with E-state index in [1.54, 1.807) is 13.2 Å². The number of hydrogen-bond acceptors (Lipinski definition) is 3. The van der Waals surface area contributed by atoms with Crippen LogP contribution >= 0.6 is 0 Å². The molecule has 2 N–H and O–H groups in total. The van der Waals surface area contributed by atoms with Crippen molar-refractivity contribution in [1.29, 1.82) is 0 Å². The highest BCUT2D eigenvalue weighted by Gasteiger charge is 2.26. The zero-order chi connectivity index (χ0) is 12.0. The summed E-state index contributed by atoms with van der Waals surface area (Å²) in [5.41, 5.74) is 0. The Balaban J connectivity index is 2.26. The Morgan fingerprint density at radius 1 is 1.62 bits per heavy atom. The number of rotatable bonds is 6. The van der Waals surface area contributed by atoms with Gasteiger partial charge in [0.1, 0.15) is 0 Å². The molecule has 0 aromatic rings. The molecule has 4 nitrogen and oxygen atoms in total. The van der Waals surface area contributed by atoms with Gasteiger partial charge in [0.2, 0.25) is 5.91 Å². The summed E-state index contributed by atoms with van der Waals surface area (Å²) in [6.07, 6.45) is 5.18. The van der Waals surface area contributed by atoms with Crippen molar-refractivity contribution in [3.63, 3.8) is 0 Å². The van der Waals surface area contributed by atoms with Crippen molar-refractivity contribution in [3.8, 4) is 0 Å². The smallest absolute Gasteiger partial charge is 0.237 e. The van der Waals surface area contributed by atoms with E-state index in [1.165, 1.54) is 0 Å². The summed E-state index contributed by atoms with van der Waals surface area (Å²) in [4.78, 5) is 11.6. The van der Waals surface area contributed by atoms with E-state index in [9.17, 15) is 4.79 Å². The summed E-state index contributed by atoms with van der Waals surface area (Å²) >= 11 is 0. The minimum Gasteiger partial charge on any atom is -0.381 e. The molecule has 1 rings (SSSR count). The van der Waals surface area contributed by atoms with Crippen LogP contribution in [-0.4, -0.2) is 37.7 Å². The van der Waals surface area contributed by atoms with E-state index in [-0.39, 0.29) is 11.9 Å². The van der Waals surface area contributed by atoms with Gasteiger partial charge in [-0.2, -0.15) is 0 Å². The fraction of sp³-hybridized carbons (Fsp3) is 0.750. The van der Waals surface area contributed by atoms with E-state index in [2.05, 4.69) is 17.2 Å². The van der Waals surface area contributed by atoms with Crippen molar-refractivity contribution >= 4 is 5.91 Å². The largest absolute Gasteiger partial charge is 0.381 e. The first-order valence-corrected chi connectivity index (χ1v) is 5.84. The first-order valence-electron chi connectivity index (χ1n) is 5.84. The summed E-state index contributed by atoms with van der Waals surface area (Å²) in [5.74, 6) is 0.0285. The van der Waals surface area contributed by atoms with Crippen LogP contribution in [0.3, 0.4) is 0 Å². The average molecular weight is 226 g/mol. The molecular formula is C12H22N2O2. The van der Waals surface area contributed by atoms with Crippen LogP contribution in [0.5, 0.6) is 0 Å². The highest BCUT2D eigenvalue weighted by atomic mass is 16.5. The molecule has 0 bridgehead atoms. The van der Waals surface area contributed by atoms with Crippen LogP contribution in [0.25, 0.3) is 0 Å². The average Bonchev–Trinajstić information content (AvgIpc) is 2.73. The minimum atomic E-state index is -0.152. The van der Waals surface area contributed by atoms with E-state index in [4.69, 9.17) is 4.74 Å². The van der Waals surface area contributed by atoms with Crippen molar-refractivity contribution in [2.45, 2.75) is 44.4 Å². The topological polar surface area (TPSA) is 50.4 Å². The second-order valence-electron chi connectivity index (χ2n) is 4.29. The molecule has 0 aromatic heterocycles. The lowest BCUT2D eigenvalue weighted by Gasteiger charge is -2.18. The van der Waals surface area contributed by atoms with Crippen molar-refractivity contribution in [1.82, 2.24) is 10.6 Å². The number of nitrogens with one attached hydrogen (secondary N) is 2. The molecule has 1 aliphatic carbocycles. The molecule has 0 spiro atoms. The third-order valence-electron chi connectivity index (χ3n) is 3.02. The lowest BCUT2D eigenvalue weighted by molar-refractivity contribution is -0.122. The fourth-order valence-corrected chi connectivity index (χ4v) is 2.06. The van der Waals surface area contributed by atoms with Gasteiger partial charge in [0.05, 0.1) is 12.1 Å². The zero-order valence-electron chi connectivity index (χ0n) is 10.2. The molecule has 1 aliphatic rings. The Labute approximate surface area is 97.4 Å². The summed E-state index contributed by atoms with van der Waals surface area (Å²) in [7, 11) is 1.74. The SMILES string of the molecule is C=CCNC(=O)C(C)NC1CCC(OC)C1. The maximum Gasteiger partial charge on any atom is 0.237 e. The molecule has 3 atom stereocenters. The number of amides is 1. The van der Waals surface area contributed by atoms with Gasteiger partial charge in [-0.05, 0) is 26.2 Å². The van der Waals surface area contributed by atoms with Gasteiger partial charge in [0.15, 0.2) is 0 Å². The maximum atomic E-state index is 11.6. The molecular weight excluding hydrogens is 204 g/mol. The van der Waals surface area contributed by atoms with Crippen LogP contribution in [0, 0.1) is 0 Å². The van der Waals surface area contributed by atoms with Crippen molar-refractivity contribution in [3.05, 3.63) is 12.7 Å². The summed E-state index contributed by atoms with van der Waals surface area (Å²) in [6, 6.07) is 0.245. The highest BCUT2D eigenvalue weighted by molar-refractivity contribution is 5.81. The number of carbonyl (C=O) groups is 1. The monoisotopic (exact) mass is 226 g/mol. The standard InChI is InChI=1S/C12H22N2O2/c1-4-7-13-12(15)9(2)14-10-5-6-11(8-10)16-3/h4,9-11,14H,1,5-8H2,2-3H3,(H,13,15). The molecule has 0 radical (unpaired) electrons. The van der Waals surface area contributed by atoms with Crippen LogP contribution in [0.1, 0.15) is 26.2 Å². The van der Waals surface area contributed by atoms with E-state index in [0.29, 0.717) is 18.7 Å². The summed E-state index contributed by atoms with van der Waals surface area (Å²) in [5, 5.41) is 6.11. The summed E-state index contributed by atoms with van der Waals surface area (Å²) in [6.45, 7) is 5.98. The lowest BCUT2D eigenvalue weighted by Crippen LogP contribution is -2.46. The van der Waals surface area contributed by atoms with Gasteiger partial charge in [-0.15, -0.1) is 6.58 Å². The van der Waals surface area contributed by atoms with Gasteiger partial charge in [0, 0.05) is 19.7 Å². The van der Waals surface area contributed by atoms with Gasteiger partial charge in [-0.1, -0.05) is 6.08 Å². The fourth-order valence-electron chi connectivity index (χ4n) is 2.06. The number of ether oxygens (including phenoxy) is 1. The van der Waals surface area contributed by atoms with Gasteiger partial charge in [-0.3, -0.25) is 4.79 Å². The molecule has 0 aliphatic heterocycles. The lowest BCUT2D eigenvalue weighted by atomic mass is 10.2. The van der Waals surface area contributed by atoms with Crippen molar-refractivity contribution in [2.24, 2.45) is 0 Å². The molecule has 1 fully saturated rings. The molecule has 0 heterocycles. The number of carbonyl (C=O) groups excluding carboxylic acids is 1. The van der Waals surface area contributed by atoms with Crippen LogP contribution in [-0.2, 0) is 9.53 Å². The molecule has 0 saturated heterocycles. The van der Waals surface area contributed by atoms with Crippen molar-refractivity contribution in [2.75, 3.05) is 13.7 Å². The van der Waals surface area contributed by atoms with Crippen LogP contribution in [0.4, 0.5) is 0 Å². The van der Waals surface area contributed by atoms with Crippen LogP contribution in [0.15, 0.2) is 12.7 Å². The third kappa shape index (κ3) is 3.94. The Morgan fingerprint density at radius 3 is 2.94 bits per heavy atom. The number of hydrogen-bond donors (Lipinski definition) is 2. The van der Waals surface area contributed by atoms with Gasteiger partial charge in [0.25, 0.3) is 0 Å². The third-order valence-corrected chi connectivity index (χ3v) is 3.02. The van der Waals surface area contributed by atoms with Crippen LogP contribution in [0.2, 0.25) is 0 Å². The number of methoxy groups -OCH3 is 1. The first-order chi connectivity index (χ1) is 7.67. The van der Waals surface area contributed by atoms with Gasteiger partial charge in [-0.25, -0.2) is 0 Å². The quantitative estimate of drug-likeness (QED) is 0.660. The molecule has 0 aromatic carbocycles. The normalized spacial score (nSPS) is 26.4. The van der Waals surface area contributed by atoms with Gasteiger partial charge >= 0.3 is 0 Å². The zero-order valence-corrected chi connectivity index (χ0v) is 10.2. The van der Waals surface area contributed by atoms with Gasteiger partial charge < -0.3 is 15.4 Å². The second-order valence-corrected chi connectivity index (χ2v) is 4.29. The molecule has 3 unspecified atom stereocenters. The Hall–Kier alpha value is -0.870. The Kier molecular flexibility index (Phi) is 5.49. The Bertz CT molecular complexity index is 243. The van der Waals surface area contributed by atoms with E-state index >= 15 is 0 Å². The van der Waals surface area contributed by atoms with E-state index in [0.717, 1.165) is 19.3 Å². The highest BCUT2D eigenvalue weighted by Crippen LogP contribution is 2.21. The molecule has 92 valence electrons. The molecule has 1 amide bonds. The van der Waals surface area contributed by atoms with Crippen LogP contribution < -0.4 is 10.6 Å². The molecule has 1 saturated carbocycles. The maximum absolute atomic E-state index is 11.6.